The fourth-order valence-electron chi connectivity index (χ4n) is 1.63. The van der Waals surface area contributed by atoms with Crippen LogP contribution in [0.1, 0.15) is 11.3 Å². The van der Waals surface area contributed by atoms with Gasteiger partial charge >= 0.3 is 4.87 Å². The van der Waals surface area contributed by atoms with E-state index in [1.807, 2.05) is 6.07 Å². The fraction of sp³-hybridized carbons (Fsp3) is 0.167. The van der Waals surface area contributed by atoms with Crippen molar-refractivity contribution < 1.29 is 8.42 Å². The first-order valence-corrected chi connectivity index (χ1v) is 7.91. The molecule has 0 aliphatic carbocycles. The SMILES string of the molecule is Cc1[nH]c(=O)sc1S(=O)(=O)Nc1ccc(CC#N)cc1. The Morgan fingerprint density at radius 1 is 1.35 bits per heavy atom. The summed E-state index contributed by atoms with van der Waals surface area (Å²) in [5, 5.41) is 8.56. The Labute approximate surface area is 119 Å². The number of sulfonamides is 1. The average molecular weight is 309 g/mol. The van der Waals surface area contributed by atoms with Crippen molar-refractivity contribution in [1.29, 1.82) is 5.26 Å². The van der Waals surface area contributed by atoms with Gasteiger partial charge in [0.2, 0.25) is 0 Å². The van der Waals surface area contributed by atoms with Crippen LogP contribution in [0.15, 0.2) is 33.3 Å². The van der Waals surface area contributed by atoms with E-state index in [0.717, 1.165) is 5.56 Å². The molecule has 0 saturated carbocycles. The highest BCUT2D eigenvalue weighted by molar-refractivity contribution is 7.94. The van der Waals surface area contributed by atoms with Gasteiger partial charge < -0.3 is 4.98 Å². The van der Waals surface area contributed by atoms with E-state index in [-0.39, 0.29) is 10.6 Å². The lowest BCUT2D eigenvalue weighted by Gasteiger charge is -2.07. The van der Waals surface area contributed by atoms with E-state index in [9.17, 15) is 13.2 Å². The highest BCUT2D eigenvalue weighted by atomic mass is 32.2. The molecule has 0 fully saturated rings. The number of benzene rings is 1. The Balaban J connectivity index is 2.27. The molecule has 20 heavy (non-hydrogen) atoms. The smallest absolute Gasteiger partial charge is 0.306 e. The van der Waals surface area contributed by atoms with E-state index in [1.54, 1.807) is 24.3 Å². The number of rotatable bonds is 4. The first kappa shape index (κ1) is 14.3. The van der Waals surface area contributed by atoms with Crippen molar-refractivity contribution in [3.63, 3.8) is 0 Å². The summed E-state index contributed by atoms with van der Waals surface area (Å²) < 4.78 is 26.6. The molecule has 1 aromatic carbocycles. The number of aromatic amines is 1. The minimum absolute atomic E-state index is 0.0244. The maximum absolute atomic E-state index is 12.1. The third-order valence-electron chi connectivity index (χ3n) is 2.51. The number of thiazole rings is 1. The van der Waals surface area contributed by atoms with Gasteiger partial charge in [0.05, 0.1) is 12.5 Å². The summed E-state index contributed by atoms with van der Waals surface area (Å²) in [5.41, 5.74) is 1.50. The van der Waals surface area contributed by atoms with Crippen molar-refractivity contribution in [1.82, 2.24) is 4.98 Å². The van der Waals surface area contributed by atoms with Gasteiger partial charge in [-0.3, -0.25) is 9.52 Å². The summed E-state index contributed by atoms with van der Waals surface area (Å²) in [6.45, 7) is 1.53. The van der Waals surface area contributed by atoms with Gasteiger partial charge in [-0.25, -0.2) is 8.42 Å². The molecule has 0 aliphatic heterocycles. The normalized spacial score (nSPS) is 11.0. The number of nitrogens with one attached hydrogen (secondary N) is 2. The quantitative estimate of drug-likeness (QED) is 0.895. The molecule has 0 atom stereocenters. The third-order valence-corrected chi connectivity index (χ3v) is 5.50. The molecule has 1 heterocycles. The Kier molecular flexibility index (Phi) is 3.92. The van der Waals surface area contributed by atoms with Crippen LogP contribution in [-0.2, 0) is 16.4 Å². The number of nitrogens with zero attached hydrogens (tertiary/aromatic N) is 1. The Hall–Kier alpha value is -2.11. The molecule has 0 radical (unpaired) electrons. The van der Waals surface area contributed by atoms with Crippen molar-refractivity contribution in [3.05, 3.63) is 45.2 Å². The zero-order valence-electron chi connectivity index (χ0n) is 10.5. The second kappa shape index (κ2) is 5.48. The number of hydrogen-bond donors (Lipinski definition) is 2. The predicted octanol–water partition coefficient (Wildman–Crippen LogP) is 1.61. The first-order valence-electron chi connectivity index (χ1n) is 5.61. The van der Waals surface area contributed by atoms with Crippen LogP contribution in [0, 0.1) is 18.3 Å². The summed E-state index contributed by atoms with van der Waals surface area (Å²) in [6.07, 6.45) is 0.269. The second-order valence-corrected chi connectivity index (χ2v) is 6.93. The van der Waals surface area contributed by atoms with E-state index in [4.69, 9.17) is 5.26 Å². The summed E-state index contributed by atoms with van der Waals surface area (Å²) >= 11 is 0.647. The highest BCUT2D eigenvalue weighted by Crippen LogP contribution is 2.20. The van der Waals surface area contributed by atoms with Crippen LogP contribution in [0.5, 0.6) is 0 Å². The van der Waals surface area contributed by atoms with Crippen LogP contribution in [0.2, 0.25) is 0 Å². The molecule has 0 bridgehead atoms. The molecule has 0 aliphatic rings. The number of nitriles is 1. The summed E-state index contributed by atoms with van der Waals surface area (Å²) in [4.78, 5) is 13.2. The molecule has 2 N–H and O–H groups in total. The minimum atomic E-state index is -3.78. The van der Waals surface area contributed by atoms with E-state index in [1.165, 1.54) is 6.92 Å². The number of anilines is 1. The lowest BCUT2D eigenvalue weighted by Crippen LogP contribution is -2.12. The van der Waals surface area contributed by atoms with E-state index < -0.39 is 14.9 Å². The van der Waals surface area contributed by atoms with E-state index in [0.29, 0.717) is 22.7 Å². The summed E-state index contributed by atoms with van der Waals surface area (Å²) in [6, 6.07) is 8.52. The average Bonchev–Trinajstić information content (AvgIpc) is 2.72. The Morgan fingerprint density at radius 3 is 2.50 bits per heavy atom. The van der Waals surface area contributed by atoms with Crippen LogP contribution in [0.25, 0.3) is 0 Å². The van der Waals surface area contributed by atoms with Crippen LogP contribution in [0.4, 0.5) is 5.69 Å². The van der Waals surface area contributed by atoms with E-state index in [2.05, 4.69) is 9.71 Å². The van der Waals surface area contributed by atoms with Gasteiger partial charge in [-0.15, -0.1) is 0 Å². The highest BCUT2D eigenvalue weighted by Gasteiger charge is 2.20. The van der Waals surface area contributed by atoms with Crippen LogP contribution in [0.3, 0.4) is 0 Å². The number of hydrogen-bond acceptors (Lipinski definition) is 5. The maximum atomic E-state index is 12.1. The minimum Gasteiger partial charge on any atom is -0.315 e. The standard InChI is InChI=1S/C12H11N3O3S2/c1-8-11(19-12(16)14-8)20(17,18)15-10-4-2-9(3-5-10)6-7-13/h2-5,15H,6H2,1H3,(H,14,16). The summed E-state index contributed by atoms with van der Waals surface area (Å²) in [5.74, 6) is 0. The Bertz CT molecular complexity index is 811. The number of aromatic nitrogens is 1. The first-order chi connectivity index (χ1) is 9.42. The number of H-pyrrole nitrogens is 1. The van der Waals surface area contributed by atoms with Crippen molar-refractivity contribution in [2.75, 3.05) is 4.72 Å². The maximum Gasteiger partial charge on any atom is 0.306 e. The molecule has 1 aromatic heterocycles. The van der Waals surface area contributed by atoms with Gasteiger partial charge in [0.15, 0.2) is 4.21 Å². The van der Waals surface area contributed by atoms with Crippen LogP contribution in [-0.4, -0.2) is 13.4 Å². The van der Waals surface area contributed by atoms with Crippen LogP contribution < -0.4 is 9.60 Å². The molecule has 2 rings (SSSR count). The van der Waals surface area contributed by atoms with Crippen LogP contribution >= 0.6 is 11.3 Å². The van der Waals surface area contributed by atoms with Gasteiger partial charge in [-0.2, -0.15) is 5.26 Å². The lowest BCUT2D eigenvalue weighted by atomic mass is 10.1. The molecular formula is C12H11N3O3S2. The second-order valence-electron chi connectivity index (χ2n) is 4.06. The van der Waals surface area contributed by atoms with E-state index >= 15 is 0 Å². The van der Waals surface area contributed by atoms with Crippen molar-refractivity contribution in [3.8, 4) is 6.07 Å². The molecule has 0 amide bonds. The van der Waals surface area contributed by atoms with Gasteiger partial charge in [-0.1, -0.05) is 23.5 Å². The molecular weight excluding hydrogens is 298 g/mol. The van der Waals surface area contributed by atoms with Crippen molar-refractivity contribution in [2.24, 2.45) is 0 Å². The zero-order chi connectivity index (χ0) is 14.8. The van der Waals surface area contributed by atoms with Gasteiger partial charge in [0.1, 0.15) is 0 Å². The third kappa shape index (κ3) is 3.07. The summed E-state index contributed by atoms with van der Waals surface area (Å²) in [7, 11) is -3.78. The topological polar surface area (TPSA) is 103 Å². The zero-order valence-corrected chi connectivity index (χ0v) is 12.1. The monoisotopic (exact) mass is 309 g/mol. The molecule has 104 valence electrons. The van der Waals surface area contributed by atoms with Gasteiger partial charge in [0, 0.05) is 11.4 Å². The number of aryl methyl sites for hydroxylation is 1. The van der Waals surface area contributed by atoms with Gasteiger partial charge in [0.25, 0.3) is 10.0 Å². The molecule has 2 aromatic rings. The Morgan fingerprint density at radius 2 is 2.00 bits per heavy atom. The predicted molar refractivity (Wildman–Crippen MR) is 76.2 cm³/mol. The molecule has 0 saturated heterocycles. The largest absolute Gasteiger partial charge is 0.315 e. The molecule has 0 unspecified atom stereocenters. The molecule has 6 nitrogen and oxygen atoms in total. The lowest BCUT2D eigenvalue weighted by molar-refractivity contribution is 0.602. The fourth-order valence-corrected chi connectivity index (χ4v) is 3.99. The molecule has 0 spiro atoms. The van der Waals surface area contributed by atoms with Crippen molar-refractivity contribution in [2.45, 2.75) is 17.6 Å². The van der Waals surface area contributed by atoms with Gasteiger partial charge in [-0.05, 0) is 24.6 Å². The molecule has 8 heteroatoms. The van der Waals surface area contributed by atoms with Crippen molar-refractivity contribution >= 4 is 27.0 Å².